The van der Waals surface area contributed by atoms with Gasteiger partial charge in [-0.15, -0.1) is 0 Å². The van der Waals surface area contributed by atoms with Gasteiger partial charge >= 0.3 is 0 Å². The summed E-state index contributed by atoms with van der Waals surface area (Å²) >= 11 is 0. The van der Waals surface area contributed by atoms with Crippen LogP contribution in [0, 0.1) is 6.92 Å². The number of aromatic nitrogens is 4. The first-order chi connectivity index (χ1) is 9.86. The van der Waals surface area contributed by atoms with E-state index in [2.05, 4.69) is 10.1 Å². The van der Waals surface area contributed by atoms with Crippen molar-refractivity contribution in [3.63, 3.8) is 0 Å². The number of aryl methyl sites for hydroxylation is 2. The van der Waals surface area contributed by atoms with Crippen molar-refractivity contribution in [2.45, 2.75) is 18.5 Å². The highest BCUT2D eigenvalue weighted by Crippen LogP contribution is 2.19. The first-order valence-corrected chi connectivity index (χ1v) is 7.88. The van der Waals surface area contributed by atoms with Gasteiger partial charge in [0.25, 0.3) is 10.0 Å². The first kappa shape index (κ1) is 13.8. The fourth-order valence-corrected chi connectivity index (χ4v) is 2.88. The molecule has 2 N–H and O–H groups in total. The Morgan fingerprint density at radius 2 is 2.00 bits per heavy atom. The SMILES string of the molecule is Cc1nc(S(N)(=O)=O)cn1Cc1nn(C)c2ccccc12. The summed E-state index contributed by atoms with van der Waals surface area (Å²) < 4.78 is 26.2. The van der Waals surface area contributed by atoms with Gasteiger partial charge in [-0.3, -0.25) is 4.68 Å². The van der Waals surface area contributed by atoms with Crippen molar-refractivity contribution in [1.82, 2.24) is 19.3 Å². The third-order valence-corrected chi connectivity index (χ3v) is 4.18. The van der Waals surface area contributed by atoms with E-state index >= 15 is 0 Å². The van der Waals surface area contributed by atoms with Crippen molar-refractivity contribution in [2.75, 3.05) is 0 Å². The lowest BCUT2D eigenvalue weighted by Crippen LogP contribution is -2.12. The monoisotopic (exact) mass is 305 g/mol. The molecule has 8 heteroatoms. The summed E-state index contributed by atoms with van der Waals surface area (Å²) in [7, 11) is -1.91. The zero-order chi connectivity index (χ0) is 15.2. The molecule has 0 aliphatic heterocycles. The van der Waals surface area contributed by atoms with E-state index in [-0.39, 0.29) is 5.03 Å². The van der Waals surface area contributed by atoms with Crippen molar-refractivity contribution < 1.29 is 8.42 Å². The Morgan fingerprint density at radius 3 is 2.67 bits per heavy atom. The quantitative estimate of drug-likeness (QED) is 0.773. The van der Waals surface area contributed by atoms with Gasteiger partial charge in [0, 0.05) is 18.6 Å². The van der Waals surface area contributed by atoms with E-state index in [1.54, 1.807) is 16.2 Å². The molecule has 3 rings (SSSR count). The molecule has 0 aliphatic carbocycles. The van der Waals surface area contributed by atoms with Crippen LogP contribution < -0.4 is 5.14 Å². The van der Waals surface area contributed by atoms with Crippen molar-refractivity contribution in [1.29, 1.82) is 0 Å². The largest absolute Gasteiger partial charge is 0.328 e. The number of nitrogens with zero attached hydrogens (tertiary/aromatic N) is 4. The number of fused-ring (bicyclic) bond motifs is 1. The van der Waals surface area contributed by atoms with Gasteiger partial charge in [0.2, 0.25) is 0 Å². The van der Waals surface area contributed by atoms with Gasteiger partial charge in [-0.05, 0) is 13.0 Å². The third kappa shape index (κ3) is 2.43. The second-order valence-electron chi connectivity index (χ2n) is 4.89. The van der Waals surface area contributed by atoms with Crippen LogP contribution in [-0.2, 0) is 23.6 Å². The van der Waals surface area contributed by atoms with E-state index in [1.807, 2.05) is 31.3 Å². The van der Waals surface area contributed by atoms with Gasteiger partial charge in [-0.1, -0.05) is 18.2 Å². The highest BCUT2D eigenvalue weighted by Gasteiger charge is 2.16. The number of hydrogen-bond donors (Lipinski definition) is 1. The molecule has 3 aromatic rings. The Hall–Kier alpha value is -2.19. The lowest BCUT2D eigenvalue weighted by atomic mass is 10.2. The van der Waals surface area contributed by atoms with Crippen LogP contribution in [0.4, 0.5) is 0 Å². The topological polar surface area (TPSA) is 95.8 Å². The van der Waals surface area contributed by atoms with Gasteiger partial charge < -0.3 is 4.57 Å². The average Bonchev–Trinajstić information content (AvgIpc) is 2.93. The third-order valence-electron chi connectivity index (χ3n) is 3.40. The molecule has 110 valence electrons. The van der Waals surface area contributed by atoms with Crippen molar-refractivity contribution in [3.8, 4) is 0 Å². The molecular formula is C13H15N5O2S. The maximum absolute atomic E-state index is 11.3. The summed E-state index contributed by atoms with van der Waals surface area (Å²) in [5.74, 6) is 0.578. The molecule has 21 heavy (non-hydrogen) atoms. The molecule has 0 saturated heterocycles. The van der Waals surface area contributed by atoms with Crippen LogP contribution in [0.25, 0.3) is 10.9 Å². The standard InChI is InChI=1S/C13H15N5O2S/c1-9-15-13(21(14,19)20)8-18(9)7-11-10-5-3-4-6-12(10)17(2)16-11/h3-6,8H,7H2,1-2H3,(H2,14,19,20). The van der Waals surface area contributed by atoms with Gasteiger partial charge in [0.05, 0.1) is 17.8 Å². The molecule has 0 aliphatic rings. The number of sulfonamides is 1. The van der Waals surface area contributed by atoms with Crippen LogP contribution in [0.3, 0.4) is 0 Å². The van der Waals surface area contributed by atoms with E-state index < -0.39 is 10.0 Å². The van der Waals surface area contributed by atoms with Crippen LogP contribution in [0.2, 0.25) is 0 Å². The summed E-state index contributed by atoms with van der Waals surface area (Å²) in [6, 6.07) is 7.88. The first-order valence-electron chi connectivity index (χ1n) is 6.33. The molecule has 2 aromatic heterocycles. The smallest absolute Gasteiger partial charge is 0.257 e. The van der Waals surface area contributed by atoms with Crippen molar-refractivity contribution in [3.05, 3.63) is 42.0 Å². The second-order valence-corrected chi connectivity index (χ2v) is 6.40. The normalized spacial score (nSPS) is 12.1. The fourth-order valence-electron chi connectivity index (χ4n) is 2.34. The van der Waals surface area contributed by atoms with Crippen molar-refractivity contribution in [2.24, 2.45) is 12.2 Å². The Kier molecular flexibility index (Phi) is 3.07. The number of benzene rings is 1. The molecule has 0 bridgehead atoms. The molecular weight excluding hydrogens is 290 g/mol. The van der Waals surface area contributed by atoms with E-state index in [4.69, 9.17) is 5.14 Å². The van der Waals surface area contributed by atoms with Crippen LogP contribution in [-0.4, -0.2) is 27.7 Å². The molecule has 0 amide bonds. The summed E-state index contributed by atoms with van der Waals surface area (Å²) in [5.41, 5.74) is 1.88. The van der Waals surface area contributed by atoms with E-state index in [0.29, 0.717) is 12.4 Å². The van der Waals surface area contributed by atoms with Crippen LogP contribution in [0.15, 0.2) is 35.5 Å². The van der Waals surface area contributed by atoms with Gasteiger partial charge in [0.15, 0.2) is 5.03 Å². The molecule has 1 aromatic carbocycles. The minimum Gasteiger partial charge on any atom is -0.328 e. The number of imidazole rings is 1. The number of nitrogens with two attached hydrogens (primary N) is 1. The highest BCUT2D eigenvalue weighted by molar-refractivity contribution is 7.89. The molecule has 0 saturated carbocycles. The molecule has 0 spiro atoms. The molecule has 0 radical (unpaired) electrons. The van der Waals surface area contributed by atoms with E-state index in [0.717, 1.165) is 16.6 Å². The van der Waals surface area contributed by atoms with Gasteiger partial charge in [-0.2, -0.15) is 5.10 Å². The second kappa shape index (κ2) is 4.68. The highest BCUT2D eigenvalue weighted by atomic mass is 32.2. The molecule has 0 fully saturated rings. The number of hydrogen-bond acceptors (Lipinski definition) is 4. The summed E-state index contributed by atoms with van der Waals surface area (Å²) in [6.45, 7) is 2.18. The molecule has 0 unspecified atom stereocenters. The Labute approximate surface area is 122 Å². The van der Waals surface area contributed by atoms with Crippen molar-refractivity contribution >= 4 is 20.9 Å². The summed E-state index contributed by atoms with van der Waals surface area (Å²) in [4.78, 5) is 3.98. The maximum Gasteiger partial charge on any atom is 0.257 e. The van der Waals surface area contributed by atoms with Gasteiger partial charge in [-0.25, -0.2) is 18.5 Å². The molecule has 7 nitrogen and oxygen atoms in total. The van der Waals surface area contributed by atoms with Gasteiger partial charge in [0.1, 0.15) is 5.82 Å². The zero-order valence-electron chi connectivity index (χ0n) is 11.7. The predicted octanol–water partition coefficient (Wildman–Crippen LogP) is 0.774. The summed E-state index contributed by atoms with van der Waals surface area (Å²) in [5, 5.41) is 10.5. The lowest BCUT2D eigenvalue weighted by molar-refractivity contribution is 0.594. The lowest BCUT2D eigenvalue weighted by Gasteiger charge is -2.01. The van der Waals surface area contributed by atoms with Crippen LogP contribution >= 0.6 is 0 Å². The summed E-state index contributed by atoms with van der Waals surface area (Å²) in [6.07, 6.45) is 1.44. The van der Waals surface area contributed by atoms with Crippen LogP contribution in [0.5, 0.6) is 0 Å². The Morgan fingerprint density at radius 1 is 1.29 bits per heavy atom. The number of rotatable bonds is 3. The van der Waals surface area contributed by atoms with E-state index in [9.17, 15) is 8.42 Å². The maximum atomic E-state index is 11.3. The number of primary sulfonamides is 1. The Balaban J connectivity index is 2.05. The predicted molar refractivity (Wildman–Crippen MR) is 78.2 cm³/mol. The minimum absolute atomic E-state index is 0.125. The molecule has 2 heterocycles. The van der Waals surface area contributed by atoms with E-state index in [1.165, 1.54) is 6.20 Å². The average molecular weight is 305 g/mol. The number of para-hydroxylation sites is 1. The Bertz CT molecular complexity index is 923. The van der Waals surface area contributed by atoms with Crippen LogP contribution in [0.1, 0.15) is 11.5 Å². The minimum atomic E-state index is -3.79. The fraction of sp³-hybridized carbons (Fsp3) is 0.231. The molecule has 0 atom stereocenters. The zero-order valence-corrected chi connectivity index (χ0v) is 12.5.